The standard InChI is InChI=1S/C14H20ClFN2O.2C4H6O4/c1-2-19-12-4-3-11(14(16)13(12)15)9-18-6-5-10(7-17)8-18;2*5-3(6)1-2-4(7)8/h3-4,10H,2,5-9,17H2,1H3;2*1-2H2,(H,5,6)(H,7,8)/t10-;;/m0../s1. The predicted octanol–water partition coefficient (Wildman–Crippen LogP) is 2.53. The second-order valence-corrected chi connectivity index (χ2v) is 7.86. The lowest BCUT2D eigenvalue weighted by molar-refractivity contribution is -0.143. The Kier molecular flexibility index (Phi) is 16.0. The molecule has 2 rings (SSSR count). The number of nitrogens with zero attached hydrogens (tertiary/aromatic N) is 1. The summed E-state index contributed by atoms with van der Waals surface area (Å²) in [6.45, 7) is 5.49. The van der Waals surface area contributed by atoms with Crippen LogP contribution in [0, 0.1) is 11.7 Å². The number of carboxylic acids is 4. The van der Waals surface area contributed by atoms with E-state index in [4.69, 9.17) is 42.5 Å². The van der Waals surface area contributed by atoms with Crippen LogP contribution in [0.3, 0.4) is 0 Å². The monoisotopic (exact) mass is 522 g/mol. The first-order valence-corrected chi connectivity index (χ1v) is 11.2. The normalized spacial score (nSPS) is 14.7. The third-order valence-electron chi connectivity index (χ3n) is 4.63. The van der Waals surface area contributed by atoms with E-state index in [0.717, 1.165) is 19.5 Å². The Bertz CT molecular complexity index is 798. The lowest BCUT2D eigenvalue weighted by Gasteiger charge is -2.17. The van der Waals surface area contributed by atoms with Crippen molar-refractivity contribution in [1.29, 1.82) is 0 Å². The highest BCUT2D eigenvalue weighted by Crippen LogP contribution is 2.30. The molecule has 1 saturated heterocycles. The second kappa shape index (κ2) is 17.5. The van der Waals surface area contributed by atoms with Crippen LogP contribution >= 0.6 is 11.6 Å². The molecule has 0 bridgehead atoms. The van der Waals surface area contributed by atoms with Gasteiger partial charge in [-0.15, -0.1) is 0 Å². The van der Waals surface area contributed by atoms with Crippen LogP contribution < -0.4 is 10.5 Å². The van der Waals surface area contributed by atoms with Crippen molar-refractivity contribution < 1.29 is 48.7 Å². The van der Waals surface area contributed by atoms with Crippen molar-refractivity contribution in [2.75, 3.05) is 26.2 Å². The summed E-state index contributed by atoms with van der Waals surface area (Å²) in [5, 5.41) is 31.7. The van der Waals surface area contributed by atoms with E-state index in [0.29, 0.717) is 36.9 Å². The molecule has 11 nitrogen and oxygen atoms in total. The van der Waals surface area contributed by atoms with E-state index in [2.05, 4.69) is 4.90 Å². The summed E-state index contributed by atoms with van der Waals surface area (Å²) in [6.07, 6.45) is -0.0990. The maximum atomic E-state index is 14.2. The van der Waals surface area contributed by atoms with Crippen molar-refractivity contribution in [2.45, 2.75) is 45.6 Å². The average Bonchev–Trinajstić information content (AvgIpc) is 3.25. The van der Waals surface area contributed by atoms with Crippen LogP contribution in [0.4, 0.5) is 4.39 Å². The summed E-state index contributed by atoms with van der Waals surface area (Å²) in [6, 6.07) is 3.49. The number of benzene rings is 1. The number of carbonyl (C=O) groups is 4. The highest BCUT2D eigenvalue weighted by atomic mass is 35.5. The van der Waals surface area contributed by atoms with Crippen LogP contribution in [0.15, 0.2) is 12.1 Å². The quantitative estimate of drug-likeness (QED) is 0.287. The van der Waals surface area contributed by atoms with Gasteiger partial charge >= 0.3 is 23.9 Å². The van der Waals surface area contributed by atoms with E-state index in [-0.39, 0.29) is 36.5 Å². The van der Waals surface area contributed by atoms with Crippen LogP contribution in [0.2, 0.25) is 5.02 Å². The highest BCUT2D eigenvalue weighted by molar-refractivity contribution is 6.32. The molecule has 13 heteroatoms. The van der Waals surface area contributed by atoms with Gasteiger partial charge in [0.15, 0.2) is 0 Å². The van der Waals surface area contributed by atoms with Crippen molar-refractivity contribution in [2.24, 2.45) is 11.7 Å². The Morgan fingerprint density at radius 2 is 1.51 bits per heavy atom. The number of hydrogen-bond acceptors (Lipinski definition) is 7. The average molecular weight is 523 g/mol. The molecule has 1 aliphatic heterocycles. The predicted molar refractivity (Wildman–Crippen MR) is 124 cm³/mol. The molecule has 1 aromatic carbocycles. The van der Waals surface area contributed by atoms with Gasteiger partial charge in [-0.05, 0) is 38.4 Å². The van der Waals surface area contributed by atoms with Gasteiger partial charge in [0.1, 0.15) is 16.6 Å². The van der Waals surface area contributed by atoms with E-state index in [1.807, 2.05) is 6.92 Å². The van der Waals surface area contributed by atoms with E-state index >= 15 is 0 Å². The molecule has 198 valence electrons. The van der Waals surface area contributed by atoms with Crippen LogP contribution in [0.25, 0.3) is 0 Å². The molecule has 6 N–H and O–H groups in total. The zero-order valence-corrected chi connectivity index (χ0v) is 20.2. The van der Waals surface area contributed by atoms with Gasteiger partial charge in [0.2, 0.25) is 0 Å². The maximum absolute atomic E-state index is 14.2. The number of carboxylic acid groups (broad SMARTS) is 4. The molecule has 0 saturated carbocycles. The third-order valence-corrected chi connectivity index (χ3v) is 4.98. The number of aliphatic carboxylic acids is 4. The SMILES string of the molecule is CCOc1ccc(CN2CC[C@@H](CN)C2)c(F)c1Cl.O=C(O)CCC(=O)O.O=C(O)CCC(=O)O. The molecule has 0 unspecified atom stereocenters. The van der Waals surface area contributed by atoms with Gasteiger partial charge in [-0.2, -0.15) is 0 Å². The topological polar surface area (TPSA) is 188 Å². The Morgan fingerprint density at radius 3 is 1.89 bits per heavy atom. The molecule has 0 aliphatic carbocycles. The van der Waals surface area contributed by atoms with Crippen molar-refractivity contribution >= 4 is 35.5 Å². The fourth-order valence-corrected chi connectivity index (χ4v) is 3.12. The van der Waals surface area contributed by atoms with Gasteiger partial charge in [-0.1, -0.05) is 17.7 Å². The molecular formula is C22H32ClFN2O9. The van der Waals surface area contributed by atoms with Crippen LogP contribution in [-0.2, 0) is 25.7 Å². The number of halogens is 2. The molecule has 0 aromatic heterocycles. The summed E-state index contributed by atoms with van der Waals surface area (Å²) in [7, 11) is 0. The number of likely N-dealkylation sites (tertiary alicyclic amines) is 1. The Balaban J connectivity index is 0.000000601. The molecule has 1 atom stereocenters. The zero-order valence-electron chi connectivity index (χ0n) is 19.4. The first-order valence-electron chi connectivity index (χ1n) is 10.8. The molecule has 1 fully saturated rings. The van der Waals surface area contributed by atoms with Gasteiger partial charge in [-0.25, -0.2) is 4.39 Å². The van der Waals surface area contributed by atoms with Crippen LogP contribution in [0.5, 0.6) is 5.75 Å². The minimum Gasteiger partial charge on any atom is -0.492 e. The molecule has 35 heavy (non-hydrogen) atoms. The smallest absolute Gasteiger partial charge is 0.303 e. The first-order chi connectivity index (χ1) is 16.4. The molecule has 0 amide bonds. The zero-order chi connectivity index (χ0) is 27.0. The molecule has 0 spiro atoms. The lowest BCUT2D eigenvalue weighted by atomic mass is 10.1. The number of nitrogens with two attached hydrogens (primary N) is 1. The number of ether oxygens (including phenoxy) is 1. The van der Waals surface area contributed by atoms with Gasteiger partial charge < -0.3 is 30.9 Å². The first kappa shape index (κ1) is 32.0. The summed E-state index contributed by atoms with van der Waals surface area (Å²) < 4.78 is 19.4. The highest BCUT2D eigenvalue weighted by Gasteiger charge is 2.23. The van der Waals surface area contributed by atoms with Crippen LogP contribution in [-0.4, -0.2) is 75.4 Å². The van der Waals surface area contributed by atoms with Gasteiger partial charge in [0.25, 0.3) is 0 Å². The minimum atomic E-state index is -1.08. The maximum Gasteiger partial charge on any atom is 0.303 e. The molecular weight excluding hydrogens is 491 g/mol. The van der Waals surface area contributed by atoms with Crippen molar-refractivity contribution in [3.8, 4) is 5.75 Å². The van der Waals surface area contributed by atoms with Crippen molar-refractivity contribution in [1.82, 2.24) is 4.90 Å². The van der Waals surface area contributed by atoms with E-state index < -0.39 is 23.9 Å². The molecule has 1 aromatic rings. The summed E-state index contributed by atoms with van der Waals surface area (Å²) in [5.74, 6) is -3.74. The summed E-state index contributed by atoms with van der Waals surface area (Å²) >= 11 is 5.98. The third kappa shape index (κ3) is 14.8. The number of rotatable bonds is 11. The minimum absolute atomic E-state index is 0.0777. The summed E-state index contributed by atoms with van der Waals surface area (Å²) in [4.78, 5) is 40.8. The lowest BCUT2D eigenvalue weighted by Crippen LogP contribution is -2.23. The van der Waals surface area contributed by atoms with E-state index in [9.17, 15) is 23.6 Å². The Labute approximate surface area is 207 Å². The van der Waals surface area contributed by atoms with Crippen LogP contribution in [0.1, 0.15) is 44.6 Å². The summed E-state index contributed by atoms with van der Waals surface area (Å²) in [5.41, 5.74) is 6.28. The molecule has 0 radical (unpaired) electrons. The fraction of sp³-hybridized carbons (Fsp3) is 0.545. The Hall–Kier alpha value is -2.96. The number of hydrogen-bond donors (Lipinski definition) is 5. The van der Waals surface area contributed by atoms with Gasteiger partial charge in [-0.3, -0.25) is 24.1 Å². The largest absolute Gasteiger partial charge is 0.492 e. The van der Waals surface area contributed by atoms with Gasteiger partial charge in [0, 0.05) is 18.7 Å². The molecule has 1 heterocycles. The Morgan fingerprint density at radius 1 is 1.03 bits per heavy atom. The van der Waals surface area contributed by atoms with E-state index in [1.165, 1.54) is 0 Å². The van der Waals surface area contributed by atoms with Crippen molar-refractivity contribution in [3.05, 3.63) is 28.5 Å². The molecule has 1 aliphatic rings. The van der Waals surface area contributed by atoms with Crippen molar-refractivity contribution in [3.63, 3.8) is 0 Å². The van der Waals surface area contributed by atoms with Gasteiger partial charge in [0.05, 0.1) is 32.3 Å². The second-order valence-electron chi connectivity index (χ2n) is 7.48. The van der Waals surface area contributed by atoms with E-state index in [1.54, 1.807) is 12.1 Å². The fourth-order valence-electron chi connectivity index (χ4n) is 2.88.